The zero-order valence-corrected chi connectivity index (χ0v) is 33.6. The smallest absolute Gasteiger partial charge is 0.0462 e. The molecule has 0 aliphatic rings. The Morgan fingerprint density at radius 1 is 0.197 bits per heavy atom. The molecule has 11 aromatic carbocycles. The van der Waals surface area contributed by atoms with Gasteiger partial charge in [-0.15, -0.1) is 0 Å². The highest BCUT2D eigenvalue weighted by molar-refractivity contribution is 6.00. The van der Waals surface area contributed by atoms with Gasteiger partial charge in [-0.1, -0.05) is 182 Å². The number of hydrogen-bond donors (Lipinski definition) is 0. The molecule has 0 aromatic heterocycles. The standard InChI is InChI=1S/C60H41N/c1-2-13-47(14-3-1)60-41-55(40-54-17-8-9-20-59(54)60)51-19-10-18-50(37-51)44-25-31-56(32-26-44)61(57-33-27-45(28-34-57)52-23-21-42-11-4-6-15-48(42)38-52)58-35-29-46(30-36-58)53-24-22-43-12-5-7-16-49(43)39-53/h1-41H. The van der Waals surface area contributed by atoms with Gasteiger partial charge in [-0.05, 0) is 155 Å². The van der Waals surface area contributed by atoms with Crippen molar-refractivity contribution in [1.82, 2.24) is 0 Å². The zero-order chi connectivity index (χ0) is 40.5. The molecule has 0 bridgehead atoms. The maximum absolute atomic E-state index is 2.36. The molecule has 0 N–H and O–H groups in total. The van der Waals surface area contributed by atoms with Crippen LogP contribution in [0.25, 0.3) is 88.0 Å². The molecule has 0 aliphatic heterocycles. The molecule has 0 fully saturated rings. The Balaban J connectivity index is 0.946. The second-order valence-electron chi connectivity index (χ2n) is 15.8. The number of benzene rings is 11. The zero-order valence-electron chi connectivity index (χ0n) is 33.6. The number of hydrogen-bond acceptors (Lipinski definition) is 1. The van der Waals surface area contributed by atoms with Gasteiger partial charge in [0, 0.05) is 17.1 Å². The Morgan fingerprint density at radius 3 is 1.10 bits per heavy atom. The van der Waals surface area contributed by atoms with Crippen LogP contribution in [0.3, 0.4) is 0 Å². The number of fused-ring (bicyclic) bond motifs is 3. The van der Waals surface area contributed by atoms with E-state index in [-0.39, 0.29) is 0 Å². The summed E-state index contributed by atoms with van der Waals surface area (Å²) in [6.45, 7) is 0. The highest BCUT2D eigenvalue weighted by atomic mass is 15.1. The molecule has 0 radical (unpaired) electrons. The third-order valence-electron chi connectivity index (χ3n) is 12.0. The van der Waals surface area contributed by atoms with Gasteiger partial charge >= 0.3 is 0 Å². The van der Waals surface area contributed by atoms with E-state index in [1.807, 2.05) is 0 Å². The molecule has 286 valence electrons. The minimum Gasteiger partial charge on any atom is -0.311 e. The third kappa shape index (κ3) is 7.13. The monoisotopic (exact) mass is 775 g/mol. The molecule has 1 nitrogen and oxygen atoms in total. The fourth-order valence-corrected chi connectivity index (χ4v) is 8.81. The Morgan fingerprint density at radius 2 is 0.574 bits per heavy atom. The third-order valence-corrected chi connectivity index (χ3v) is 12.0. The SMILES string of the molecule is c1ccc(-c2cc(-c3cccc(-c4ccc(N(c5ccc(-c6ccc7ccccc7c6)cc5)c5ccc(-c6ccc7ccccc7c6)cc5)cc4)c3)cc3ccccc23)cc1. The van der Waals surface area contributed by atoms with Crippen molar-refractivity contribution >= 4 is 49.4 Å². The summed E-state index contributed by atoms with van der Waals surface area (Å²) in [5.74, 6) is 0. The summed E-state index contributed by atoms with van der Waals surface area (Å²) in [5, 5.41) is 7.50. The van der Waals surface area contributed by atoms with Crippen molar-refractivity contribution < 1.29 is 0 Å². The number of nitrogens with zero attached hydrogens (tertiary/aromatic N) is 1. The Bertz CT molecular complexity index is 3200. The molecule has 11 aromatic rings. The molecular weight excluding hydrogens is 735 g/mol. The van der Waals surface area contributed by atoms with Gasteiger partial charge < -0.3 is 4.90 Å². The summed E-state index contributed by atoms with van der Waals surface area (Å²) < 4.78 is 0. The van der Waals surface area contributed by atoms with Crippen LogP contribution in [0.2, 0.25) is 0 Å². The van der Waals surface area contributed by atoms with Crippen molar-refractivity contribution in [1.29, 1.82) is 0 Å². The average molecular weight is 776 g/mol. The molecule has 1 heteroatoms. The summed E-state index contributed by atoms with van der Waals surface area (Å²) in [6.07, 6.45) is 0. The van der Waals surface area contributed by atoms with Crippen molar-refractivity contribution in [2.75, 3.05) is 4.90 Å². The van der Waals surface area contributed by atoms with Crippen molar-refractivity contribution in [3.05, 3.63) is 249 Å². The number of anilines is 3. The molecule has 61 heavy (non-hydrogen) atoms. The molecule has 0 spiro atoms. The van der Waals surface area contributed by atoms with Crippen LogP contribution in [0.4, 0.5) is 17.1 Å². The van der Waals surface area contributed by atoms with E-state index in [2.05, 4.69) is 254 Å². The topological polar surface area (TPSA) is 3.24 Å². The van der Waals surface area contributed by atoms with Crippen molar-refractivity contribution in [2.24, 2.45) is 0 Å². The van der Waals surface area contributed by atoms with Crippen LogP contribution in [-0.4, -0.2) is 0 Å². The fourth-order valence-electron chi connectivity index (χ4n) is 8.81. The van der Waals surface area contributed by atoms with Gasteiger partial charge in [0.2, 0.25) is 0 Å². The predicted octanol–water partition coefficient (Wildman–Crippen LogP) is 17.0. The van der Waals surface area contributed by atoms with Crippen LogP contribution in [0.15, 0.2) is 249 Å². The van der Waals surface area contributed by atoms with Crippen LogP contribution in [0.1, 0.15) is 0 Å². The van der Waals surface area contributed by atoms with E-state index in [1.54, 1.807) is 0 Å². The van der Waals surface area contributed by atoms with Crippen LogP contribution >= 0.6 is 0 Å². The van der Waals surface area contributed by atoms with E-state index >= 15 is 0 Å². The highest BCUT2D eigenvalue weighted by Gasteiger charge is 2.15. The van der Waals surface area contributed by atoms with E-state index in [0.29, 0.717) is 0 Å². The Labute approximate surface area is 357 Å². The second kappa shape index (κ2) is 15.6. The normalized spacial score (nSPS) is 11.3. The van der Waals surface area contributed by atoms with Gasteiger partial charge in [0.1, 0.15) is 0 Å². The molecular formula is C60H41N. The van der Waals surface area contributed by atoms with Crippen molar-refractivity contribution in [2.45, 2.75) is 0 Å². The minimum absolute atomic E-state index is 1.10. The van der Waals surface area contributed by atoms with E-state index in [9.17, 15) is 0 Å². The van der Waals surface area contributed by atoms with Crippen LogP contribution < -0.4 is 4.90 Å². The van der Waals surface area contributed by atoms with Gasteiger partial charge in [0.15, 0.2) is 0 Å². The summed E-state index contributed by atoms with van der Waals surface area (Å²) in [4.78, 5) is 2.36. The molecule has 0 heterocycles. The van der Waals surface area contributed by atoms with Gasteiger partial charge in [-0.3, -0.25) is 0 Å². The summed E-state index contributed by atoms with van der Waals surface area (Å²) in [5.41, 5.74) is 15.3. The summed E-state index contributed by atoms with van der Waals surface area (Å²) in [6, 6.07) is 90.5. The second-order valence-corrected chi connectivity index (χ2v) is 15.8. The molecule has 0 unspecified atom stereocenters. The lowest BCUT2D eigenvalue weighted by molar-refractivity contribution is 1.28. The van der Waals surface area contributed by atoms with Crippen LogP contribution in [0.5, 0.6) is 0 Å². The first kappa shape index (κ1) is 36.1. The van der Waals surface area contributed by atoms with E-state index in [1.165, 1.54) is 88.0 Å². The molecule has 0 atom stereocenters. The summed E-state index contributed by atoms with van der Waals surface area (Å²) in [7, 11) is 0. The van der Waals surface area contributed by atoms with E-state index < -0.39 is 0 Å². The van der Waals surface area contributed by atoms with Crippen LogP contribution in [-0.2, 0) is 0 Å². The number of rotatable bonds is 8. The van der Waals surface area contributed by atoms with E-state index in [4.69, 9.17) is 0 Å². The lowest BCUT2D eigenvalue weighted by atomic mass is 9.92. The maximum atomic E-state index is 2.36. The van der Waals surface area contributed by atoms with Gasteiger partial charge in [0.25, 0.3) is 0 Å². The molecule has 0 amide bonds. The van der Waals surface area contributed by atoms with Crippen LogP contribution in [0, 0.1) is 0 Å². The summed E-state index contributed by atoms with van der Waals surface area (Å²) >= 11 is 0. The maximum Gasteiger partial charge on any atom is 0.0462 e. The molecule has 0 aliphatic carbocycles. The largest absolute Gasteiger partial charge is 0.311 e. The molecule has 0 saturated heterocycles. The lowest BCUT2D eigenvalue weighted by Crippen LogP contribution is -2.09. The molecule has 11 rings (SSSR count). The van der Waals surface area contributed by atoms with Crippen molar-refractivity contribution in [3.63, 3.8) is 0 Å². The van der Waals surface area contributed by atoms with Gasteiger partial charge in [0.05, 0.1) is 0 Å². The highest BCUT2D eigenvalue weighted by Crippen LogP contribution is 2.40. The van der Waals surface area contributed by atoms with Gasteiger partial charge in [-0.2, -0.15) is 0 Å². The Hall–Kier alpha value is -8.00. The minimum atomic E-state index is 1.10. The first-order chi connectivity index (χ1) is 30.2. The predicted molar refractivity (Wildman–Crippen MR) is 261 cm³/mol. The van der Waals surface area contributed by atoms with E-state index in [0.717, 1.165) is 17.1 Å². The molecule has 0 saturated carbocycles. The first-order valence-corrected chi connectivity index (χ1v) is 21.0. The van der Waals surface area contributed by atoms with Crippen molar-refractivity contribution in [3.8, 4) is 55.6 Å². The Kier molecular flexibility index (Phi) is 9.26. The first-order valence-electron chi connectivity index (χ1n) is 21.0. The van der Waals surface area contributed by atoms with Gasteiger partial charge in [-0.25, -0.2) is 0 Å². The average Bonchev–Trinajstić information content (AvgIpc) is 3.34. The lowest BCUT2D eigenvalue weighted by Gasteiger charge is -2.26. The quantitative estimate of drug-likeness (QED) is 0.149. The fraction of sp³-hybridized carbons (Fsp3) is 0.